The molecule has 2 amide bonds. The number of carbonyl (C=O) groups excluding carboxylic acids is 2. The third-order valence-electron chi connectivity index (χ3n) is 7.23. The standard InChI is InChI=1S/C26H28F3N3O3S/c27-26(28,29)35-20-9-7-19(8-10-20)24(33)31-14-11-18(12-15-31)23-30-21(16-36-23)25(34)32-13-3-5-17-4-1-2-6-22(17)32/h6-10,16-18H,1-5,11-15H2. The predicted molar refractivity (Wildman–Crippen MR) is 129 cm³/mol. The number of aromatic nitrogens is 1. The molecule has 3 aliphatic rings. The second-order valence-electron chi connectivity index (χ2n) is 9.57. The van der Waals surface area contributed by atoms with Crippen molar-refractivity contribution < 1.29 is 27.5 Å². The monoisotopic (exact) mass is 519 g/mol. The highest BCUT2D eigenvalue weighted by Crippen LogP contribution is 2.37. The summed E-state index contributed by atoms with van der Waals surface area (Å²) in [5.74, 6) is 0.0750. The van der Waals surface area contributed by atoms with Gasteiger partial charge < -0.3 is 14.5 Å². The molecule has 2 aromatic rings. The highest BCUT2D eigenvalue weighted by molar-refractivity contribution is 7.09. The van der Waals surface area contributed by atoms with Gasteiger partial charge in [0.1, 0.15) is 11.4 Å². The summed E-state index contributed by atoms with van der Waals surface area (Å²) in [6.45, 7) is 1.79. The van der Waals surface area contributed by atoms with Crippen LogP contribution in [0.4, 0.5) is 13.2 Å². The van der Waals surface area contributed by atoms with Crippen LogP contribution >= 0.6 is 11.3 Å². The molecule has 0 bridgehead atoms. The number of thiazole rings is 1. The van der Waals surface area contributed by atoms with Crippen LogP contribution < -0.4 is 4.74 Å². The van der Waals surface area contributed by atoms with Gasteiger partial charge in [-0.2, -0.15) is 0 Å². The van der Waals surface area contributed by atoms with Crippen molar-refractivity contribution in [2.75, 3.05) is 19.6 Å². The second kappa shape index (κ2) is 10.2. The highest BCUT2D eigenvalue weighted by atomic mass is 32.1. The summed E-state index contributed by atoms with van der Waals surface area (Å²) in [6, 6.07) is 4.99. The number of nitrogens with zero attached hydrogens (tertiary/aromatic N) is 3. The molecule has 2 aliphatic heterocycles. The SMILES string of the molecule is O=C(c1ccc(OC(F)(F)F)cc1)N1CCC(c2nc(C(=O)N3CCCC4CCCC=C43)cs2)CC1. The molecule has 3 heterocycles. The fourth-order valence-electron chi connectivity index (χ4n) is 5.42. The zero-order valence-corrected chi connectivity index (χ0v) is 20.6. The van der Waals surface area contributed by atoms with Crippen molar-refractivity contribution in [2.45, 2.75) is 57.2 Å². The van der Waals surface area contributed by atoms with Crippen LogP contribution in [-0.4, -0.2) is 52.6 Å². The van der Waals surface area contributed by atoms with E-state index in [9.17, 15) is 22.8 Å². The Morgan fingerprint density at radius 3 is 2.39 bits per heavy atom. The number of carbonyl (C=O) groups is 2. The number of hydrogen-bond donors (Lipinski definition) is 0. The molecule has 10 heteroatoms. The topological polar surface area (TPSA) is 62.7 Å². The Morgan fingerprint density at radius 1 is 0.944 bits per heavy atom. The normalized spacial score (nSPS) is 21.1. The minimum atomic E-state index is -4.77. The van der Waals surface area contributed by atoms with Crippen molar-refractivity contribution in [1.82, 2.24) is 14.8 Å². The van der Waals surface area contributed by atoms with E-state index in [1.807, 2.05) is 10.3 Å². The minimum absolute atomic E-state index is 0.0130. The van der Waals surface area contributed by atoms with Gasteiger partial charge in [0, 0.05) is 42.2 Å². The second-order valence-corrected chi connectivity index (χ2v) is 10.5. The number of allylic oxidation sites excluding steroid dienone is 2. The number of amides is 2. The van der Waals surface area contributed by atoms with Crippen molar-refractivity contribution in [3.8, 4) is 5.75 Å². The lowest BCUT2D eigenvalue weighted by Gasteiger charge is -2.37. The van der Waals surface area contributed by atoms with Crippen LogP contribution in [-0.2, 0) is 0 Å². The van der Waals surface area contributed by atoms with Crippen LogP contribution in [0.5, 0.6) is 5.75 Å². The molecule has 0 N–H and O–H groups in total. The fraction of sp³-hybridized carbons (Fsp3) is 0.500. The van der Waals surface area contributed by atoms with Crippen LogP contribution in [0.2, 0.25) is 0 Å². The number of fused-ring (bicyclic) bond motifs is 1. The van der Waals surface area contributed by atoms with Crippen LogP contribution in [0.3, 0.4) is 0 Å². The first-order chi connectivity index (χ1) is 17.3. The highest BCUT2D eigenvalue weighted by Gasteiger charge is 2.33. The maximum absolute atomic E-state index is 13.3. The zero-order chi connectivity index (χ0) is 25.3. The number of piperidine rings is 2. The molecular weight excluding hydrogens is 491 g/mol. The van der Waals surface area contributed by atoms with E-state index < -0.39 is 6.36 Å². The van der Waals surface area contributed by atoms with Gasteiger partial charge >= 0.3 is 6.36 Å². The Kier molecular flexibility index (Phi) is 7.05. The van der Waals surface area contributed by atoms with Gasteiger partial charge in [0.2, 0.25) is 0 Å². The number of benzene rings is 1. The van der Waals surface area contributed by atoms with Gasteiger partial charge in [0.25, 0.3) is 11.8 Å². The predicted octanol–water partition coefficient (Wildman–Crippen LogP) is 5.98. The lowest BCUT2D eigenvalue weighted by molar-refractivity contribution is -0.274. The van der Waals surface area contributed by atoms with Crippen molar-refractivity contribution >= 4 is 23.2 Å². The first-order valence-electron chi connectivity index (χ1n) is 12.4. The summed E-state index contributed by atoms with van der Waals surface area (Å²) < 4.78 is 40.9. The molecular formula is C26H28F3N3O3S. The van der Waals surface area contributed by atoms with Gasteiger partial charge in [-0.15, -0.1) is 24.5 Å². The lowest BCUT2D eigenvalue weighted by atomic mass is 9.85. The van der Waals surface area contributed by atoms with Gasteiger partial charge in [0.15, 0.2) is 0 Å². The number of hydrogen-bond acceptors (Lipinski definition) is 5. The van der Waals surface area contributed by atoms with E-state index in [0.717, 1.165) is 62.2 Å². The number of halogens is 3. The van der Waals surface area contributed by atoms with Crippen LogP contribution in [0.25, 0.3) is 0 Å². The average Bonchev–Trinajstić information content (AvgIpc) is 3.38. The molecule has 5 rings (SSSR count). The summed E-state index contributed by atoms with van der Waals surface area (Å²) >= 11 is 1.50. The molecule has 0 spiro atoms. The molecule has 2 saturated heterocycles. The molecule has 0 saturated carbocycles. The molecule has 2 fully saturated rings. The zero-order valence-electron chi connectivity index (χ0n) is 19.8. The Morgan fingerprint density at radius 2 is 1.67 bits per heavy atom. The third kappa shape index (κ3) is 5.43. The first-order valence-corrected chi connectivity index (χ1v) is 13.3. The lowest BCUT2D eigenvalue weighted by Crippen LogP contribution is -2.39. The maximum atomic E-state index is 13.3. The van der Waals surface area contributed by atoms with Gasteiger partial charge in [-0.1, -0.05) is 6.08 Å². The Labute approximate surface area is 211 Å². The molecule has 1 unspecified atom stereocenters. The molecule has 1 aromatic heterocycles. The molecule has 192 valence electrons. The van der Waals surface area contributed by atoms with E-state index in [4.69, 9.17) is 4.98 Å². The number of rotatable bonds is 4. The largest absolute Gasteiger partial charge is 0.573 e. The van der Waals surface area contributed by atoms with E-state index in [1.54, 1.807) is 4.90 Å². The summed E-state index contributed by atoms with van der Waals surface area (Å²) in [5.41, 5.74) is 2.00. The maximum Gasteiger partial charge on any atom is 0.573 e. The Bertz CT molecular complexity index is 1140. The average molecular weight is 520 g/mol. The summed E-state index contributed by atoms with van der Waals surface area (Å²) in [6.07, 6.45) is 4.45. The van der Waals surface area contributed by atoms with Crippen molar-refractivity contribution in [3.05, 3.63) is 57.7 Å². The quantitative estimate of drug-likeness (QED) is 0.499. The molecule has 6 nitrogen and oxygen atoms in total. The Hall–Kier alpha value is -2.88. The van der Waals surface area contributed by atoms with E-state index >= 15 is 0 Å². The van der Waals surface area contributed by atoms with E-state index in [1.165, 1.54) is 35.6 Å². The molecule has 0 radical (unpaired) electrons. The van der Waals surface area contributed by atoms with E-state index in [2.05, 4.69) is 10.8 Å². The summed E-state index contributed by atoms with van der Waals surface area (Å²) in [7, 11) is 0. The van der Waals surface area contributed by atoms with Crippen molar-refractivity contribution in [1.29, 1.82) is 0 Å². The molecule has 1 atom stereocenters. The van der Waals surface area contributed by atoms with Crippen LogP contribution in [0, 0.1) is 5.92 Å². The molecule has 1 aromatic carbocycles. The smallest absolute Gasteiger partial charge is 0.406 e. The molecule has 1 aliphatic carbocycles. The summed E-state index contributed by atoms with van der Waals surface area (Å²) in [4.78, 5) is 34.4. The number of alkyl halides is 3. The summed E-state index contributed by atoms with van der Waals surface area (Å²) in [5, 5.41) is 2.78. The molecule has 36 heavy (non-hydrogen) atoms. The number of ether oxygens (including phenoxy) is 1. The minimum Gasteiger partial charge on any atom is -0.406 e. The number of likely N-dealkylation sites (tertiary alicyclic amines) is 2. The van der Waals surface area contributed by atoms with E-state index in [-0.39, 0.29) is 23.5 Å². The van der Waals surface area contributed by atoms with Gasteiger partial charge in [-0.3, -0.25) is 9.59 Å². The van der Waals surface area contributed by atoms with E-state index in [0.29, 0.717) is 30.3 Å². The first kappa shape index (κ1) is 24.8. The Balaban J connectivity index is 1.18. The van der Waals surface area contributed by atoms with Crippen LogP contribution in [0.1, 0.15) is 76.7 Å². The van der Waals surface area contributed by atoms with Crippen molar-refractivity contribution in [2.24, 2.45) is 5.92 Å². The third-order valence-corrected chi connectivity index (χ3v) is 8.23. The van der Waals surface area contributed by atoms with Gasteiger partial charge in [-0.25, -0.2) is 4.98 Å². The van der Waals surface area contributed by atoms with Crippen molar-refractivity contribution in [3.63, 3.8) is 0 Å². The fourth-order valence-corrected chi connectivity index (χ4v) is 6.38. The van der Waals surface area contributed by atoms with Crippen LogP contribution in [0.15, 0.2) is 41.4 Å². The van der Waals surface area contributed by atoms with Gasteiger partial charge in [-0.05, 0) is 75.1 Å². The van der Waals surface area contributed by atoms with Gasteiger partial charge in [0.05, 0.1) is 5.01 Å².